The summed E-state index contributed by atoms with van der Waals surface area (Å²) in [5.41, 5.74) is 10.1. The first-order chi connectivity index (χ1) is 10.2. The van der Waals surface area contributed by atoms with Crippen LogP contribution >= 0.6 is 0 Å². The number of hydrogen-bond acceptors (Lipinski definition) is 5. The fourth-order valence-electron chi connectivity index (χ4n) is 2.09. The second-order valence-electron chi connectivity index (χ2n) is 4.65. The Bertz CT molecular complexity index is 641. The Morgan fingerprint density at radius 3 is 2.86 bits per heavy atom. The molecule has 110 valence electrons. The number of nitrogen functional groups attached to an aromatic ring is 1. The Labute approximate surface area is 124 Å². The predicted octanol–water partition coefficient (Wildman–Crippen LogP) is 2.62. The molecule has 1 heterocycles. The van der Waals surface area contributed by atoms with Crippen molar-refractivity contribution in [2.75, 3.05) is 18.2 Å². The number of pyridine rings is 1. The first-order valence-corrected chi connectivity index (χ1v) is 6.79. The van der Waals surface area contributed by atoms with E-state index in [0.29, 0.717) is 17.8 Å². The van der Waals surface area contributed by atoms with Crippen LogP contribution in [0, 0.1) is 0 Å². The molecule has 0 aliphatic carbocycles. The molecule has 0 saturated carbocycles. The number of esters is 1. The number of nitrogens with zero attached hydrogens (tertiary/aromatic N) is 1. The summed E-state index contributed by atoms with van der Waals surface area (Å²) in [5, 5.41) is 3.26. The van der Waals surface area contributed by atoms with Crippen molar-refractivity contribution in [2.45, 2.75) is 19.9 Å². The number of methoxy groups -OCH3 is 1. The highest BCUT2D eigenvalue weighted by molar-refractivity contribution is 5.91. The zero-order chi connectivity index (χ0) is 15.2. The van der Waals surface area contributed by atoms with Gasteiger partial charge in [0.1, 0.15) is 0 Å². The summed E-state index contributed by atoms with van der Waals surface area (Å²) in [5.74, 6) is -0.379. The van der Waals surface area contributed by atoms with Gasteiger partial charge >= 0.3 is 5.97 Å². The lowest BCUT2D eigenvalue weighted by molar-refractivity contribution is 0.0601. The largest absolute Gasteiger partial charge is 0.465 e. The van der Waals surface area contributed by atoms with E-state index in [2.05, 4.69) is 17.2 Å². The molecule has 0 aliphatic rings. The van der Waals surface area contributed by atoms with Gasteiger partial charge in [0.2, 0.25) is 0 Å². The van der Waals surface area contributed by atoms with Crippen molar-refractivity contribution in [3.8, 4) is 0 Å². The first-order valence-electron chi connectivity index (χ1n) is 6.79. The molecule has 0 radical (unpaired) electrons. The number of aromatic nitrogens is 1. The molecule has 2 rings (SSSR count). The van der Waals surface area contributed by atoms with Crippen molar-refractivity contribution in [3.63, 3.8) is 0 Å². The average Bonchev–Trinajstić information content (AvgIpc) is 2.53. The van der Waals surface area contributed by atoms with Gasteiger partial charge in [0, 0.05) is 18.9 Å². The maximum Gasteiger partial charge on any atom is 0.337 e. The second-order valence-corrected chi connectivity index (χ2v) is 4.65. The monoisotopic (exact) mass is 285 g/mol. The molecule has 3 N–H and O–H groups in total. The van der Waals surface area contributed by atoms with Crippen LogP contribution < -0.4 is 11.1 Å². The lowest BCUT2D eigenvalue weighted by Crippen LogP contribution is -2.07. The number of rotatable bonds is 5. The van der Waals surface area contributed by atoms with Crippen LogP contribution in [0.25, 0.3) is 0 Å². The maximum atomic E-state index is 11.6. The van der Waals surface area contributed by atoms with Crippen molar-refractivity contribution in [3.05, 3.63) is 53.3 Å². The van der Waals surface area contributed by atoms with E-state index in [0.717, 1.165) is 17.7 Å². The standard InChI is InChI=1S/C16H19N3O2/c1-3-11-9-18-7-6-13(11)10-19-15-8-12(16(20)21-2)4-5-14(15)17/h4-9,19H,3,10,17H2,1-2H3. The van der Waals surface area contributed by atoms with Crippen LogP contribution in [0.5, 0.6) is 0 Å². The summed E-state index contributed by atoms with van der Waals surface area (Å²) >= 11 is 0. The number of aryl methyl sites for hydroxylation is 1. The third-order valence-electron chi connectivity index (χ3n) is 3.33. The van der Waals surface area contributed by atoms with Gasteiger partial charge in [0.05, 0.1) is 24.0 Å². The lowest BCUT2D eigenvalue weighted by Gasteiger charge is -2.12. The third-order valence-corrected chi connectivity index (χ3v) is 3.33. The molecule has 0 bridgehead atoms. The van der Waals surface area contributed by atoms with Crippen molar-refractivity contribution in [2.24, 2.45) is 0 Å². The molecule has 0 spiro atoms. The predicted molar refractivity (Wildman–Crippen MR) is 83.1 cm³/mol. The van der Waals surface area contributed by atoms with Gasteiger partial charge < -0.3 is 15.8 Å². The van der Waals surface area contributed by atoms with Gasteiger partial charge in [0.25, 0.3) is 0 Å². The molecule has 1 aromatic heterocycles. The number of carbonyl (C=O) groups excluding carboxylic acids is 1. The van der Waals surface area contributed by atoms with Crippen molar-refractivity contribution in [1.29, 1.82) is 0 Å². The van der Waals surface area contributed by atoms with Crippen LogP contribution in [0.1, 0.15) is 28.4 Å². The number of carbonyl (C=O) groups is 1. The molecular formula is C16H19N3O2. The minimum absolute atomic E-state index is 0.379. The van der Waals surface area contributed by atoms with E-state index in [4.69, 9.17) is 10.5 Å². The average molecular weight is 285 g/mol. The van der Waals surface area contributed by atoms with Gasteiger partial charge in [-0.2, -0.15) is 0 Å². The molecule has 5 nitrogen and oxygen atoms in total. The van der Waals surface area contributed by atoms with Crippen LogP contribution in [0.4, 0.5) is 11.4 Å². The van der Waals surface area contributed by atoms with E-state index in [9.17, 15) is 4.79 Å². The van der Waals surface area contributed by atoms with Crippen molar-refractivity contribution < 1.29 is 9.53 Å². The number of benzene rings is 1. The van der Waals surface area contributed by atoms with Crippen LogP contribution in [-0.2, 0) is 17.7 Å². The van der Waals surface area contributed by atoms with Crippen molar-refractivity contribution in [1.82, 2.24) is 4.98 Å². The number of hydrogen-bond donors (Lipinski definition) is 2. The fourth-order valence-corrected chi connectivity index (χ4v) is 2.09. The second kappa shape index (κ2) is 6.74. The van der Waals surface area contributed by atoms with Gasteiger partial charge in [-0.25, -0.2) is 4.79 Å². The molecule has 1 aromatic carbocycles. The van der Waals surface area contributed by atoms with Crippen LogP contribution in [-0.4, -0.2) is 18.1 Å². The molecule has 21 heavy (non-hydrogen) atoms. The normalized spacial score (nSPS) is 10.2. The molecule has 0 fully saturated rings. The number of nitrogens with one attached hydrogen (secondary N) is 1. The van der Waals surface area contributed by atoms with Gasteiger partial charge in [-0.05, 0) is 41.8 Å². The van der Waals surface area contributed by atoms with Crippen LogP contribution in [0.3, 0.4) is 0 Å². The molecule has 0 unspecified atom stereocenters. The summed E-state index contributed by atoms with van der Waals surface area (Å²) in [7, 11) is 1.36. The van der Waals surface area contributed by atoms with Gasteiger partial charge in [-0.15, -0.1) is 0 Å². The maximum absolute atomic E-state index is 11.6. The Kier molecular flexibility index (Phi) is 4.77. The SMILES string of the molecule is CCc1cnccc1CNc1cc(C(=O)OC)ccc1N. The van der Waals surface area contributed by atoms with E-state index in [1.54, 1.807) is 24.4 Å². The number of ether oxygens (including phenoxy) is 1. The smallest absolute Gasteiger partial charge is 0.337 e. The van der Waals surface area contributed by atoms with E-state index in [1.807, 2.05) is 12.3 Å². The van der Waals surface area contributed by atoms with Crippen LogP contribution in [0.2, 0.25) is 0 Å². The van der Waals surface area contributed by atoms with Gasteiger partial charge in [-0.3, -0.25) is 4.98 Å². The Hall–Kier alpha value is -2.56. The highest BCUT2D eigenvalue weighted by Crippen LogP contribution is 2.22. The highest BCUT2D eigenvalue weighted by Gasteiger charge is 2.09. The lowest BCUT2D eigenvalue weighted by atomic mass is 10.1. The molecular weight excluding hydrogens is 266 g/mol. The number of nitrogens with two attached hydrogens (primary N) is 1. The van der Waals surface area contributed by atoms with Crippen LogP contribution in [0.15, 0.2) is 36.7 Å². The quantitative estimate of drug-likeness (QED) is 0.652. The van der Waals surface area contributed by atoms with E-state index in [-0.39, 0.29) is 5.97 Å². The third kappa shape index (κ3) is 3.51. The highest BCUT2D eigenvalue weighted by atomic mass is 16.5. The van der Waals surface area contributed by atoms with E-state index in [1.165, 1.54) is 12.7 Å². The molecule has 0 atom stereocenters. The Balaban J connectivity index is 2.17. The molecule has 2 aromatic rings. The fraction of sp³-hybridized carbons (Fsp3) is 0.250. The molecule has 5 heteroatoms. The zero-order valence-corrected chi connectivity index (χ0v) is 12.2. The van der Waals surface area contributed by atoms with Gasteiger partial charge in [-0.1, -0.05) is 6.92 Å². The van der Waals surface area contributed by atoms with Crippen molar-refractivity contribution >= 4 is 17.3 Å². The summed E-state index contributed by atoms with van der Waals surface area (Å²) < 4.78 is 4.71. The topological polar surface area (TPSA) is 77.2 Å². The Morgan fingerprint density at radius 1 is 1.33 bits per heavy atom. The van der Waals surface area contributed by atoms with Gasteiger partial charge in [0.15, 0.2) is 0 Å². The molecule has 0 amide bonds. The minimum atomic E-state index is -0.379. The number of anilines is 2. The zero-order valence-electron chi connectivity index (χ0n) is 12.2. The minimum Gasteiger partial charge on any atom is -0.465 e. The Morgan fingerprint density at radius 2 is 2.14 bits per heavy atom. The van der Waals surface area contributed by atoms with E-state index < -0.39 is 0 Å². The van der Waals surface area contributed by atoms with E-state index >= 15 is 0 Å². The molecule has 0 aliphatic heterocycles. The first kappa shape index (κ1) is 14.8. The summed E-state index contributed by atoms with van der Waals surface area (Å²) in [4.78, 5) is 15.7. The summed E-state index contributed by atoms with van der Waals surface area (Å²) in [6.45, 7) is 2.72. The summed E-state index contributed by atoms with van der Waals surface area (Å²) in [6, 6.07) is 7.03. The molecule has 0 saturated heterocycles. The summed E-state index contributed by atoms with van der Waals surface area (Å²) in [6.07, 6.45) is 4.55.